The molecule has 0 aliphatic rings. The summed E-state index contributed by atoms with van der Waals surface area (Å²) in [6.45, 7) is 0. The van der Waals surface area contributed by atoms with E-state index >= 15 is 0 Å². The van der Waals surface area contributed by atoms with Gasteiger partial charge in [0.1, 0.15) is 0 Å². The molecule has 3 rings (SSSR count). The predicted octanol–water partition coefficient (Wildman–Crippen LogP) is 4.41. The molecule has 3 aromatic rings. The Morgan fingerprint density at radius 1 is 1.18 bits per heavy atom. The van der Waals surface area contributed by atoms with Crippen molar-refractivity contribution in [3.8, 4) is 11.3 Å². The Bertz CT molecular complexity index is 832. The number of rotatable bonds is 3. The third kappa shape index (κ3) is 3.18. The number of amides is 1. The normalized spacial score (nSPS) is 10.4. The van der Waals surface area contributed by atoms with Crippen molar-refractivity contribution in [2.45, 2.75) is 0 Å². The summed E-state index contributed by atoms with van der Waals surface area (Å²) in [6.07, 6.45) is 0. The van der Waals surface area contributed by atoms with Crippen molar-refractivity contribution in [1.29, 1.82) is 0 Å². The second-order valence-electron chi connectivity index (χ2n) is 4.59. The first-order valence-electron chi connectivity index (χ1n) is 6.51. The summed E-state index contributed by atoms with van der Waals surface area (Å²) in [5, 5.41) is 5.31. The van der Waals surface area contributed by atoms with Gasteiger partial charge >= 0.3 is 0 Å². The maximum atomic E-state index is 12.3. The third-order valence-corrected chi connectivity index (χ3v) is 4.42. The number of nitrogens with one attached hydrogen (secondary N) is 1. The predicted molar refractivity (Wildman–Crippen MR) is 94.1 cm³/mol. The molecule has 0 aliphatic carbocycles. The summed E-state index contributed by atoms with van der Waals surface area (Å²) < 4.78 is 0.760. The first-order chi connectivity index (χ1) is 10.6. The van der Waals surface area contributed by atoms with Crippen LogP contribution in [0.4, 0.5) is 10.8 Å². The van der Waals surface area contributed by atoms with Crippen molar-refractivity contribution in [2.75, 3.05) is 11.1 Å². The molecule has 110 valence electrons. The Morgan fingerprint density at radius 3 is 2.73 bits per heavy atom. The van der Waals surface area contributed by atoms with Gasteiger partial charge in [-0.1, -0.05) is 24.3 Å². The smallest absolute Gasteiger partial charge is 0.256 e. The molecule has 6 heteroatoms. The molecule has 3 N–H and O–H groups in total. The quantitative estimate of drug-likeness (QED) is 0.714. The lowest BCUT2D eigenvalue weighted by Crippen LogP contribution is -2.12. The zero-order valence-electron chi connectivity index (χ0n) is 11.4. The van der Waals surface area contributed by atoms with Crippen LogP contribution >= 0.6 is 27.3 Å². The lowest BCUT2D eigenvalue weighted by molar-refractivity contribution is 0.102. The lowest BCUT2D eigenvalue weighted by Gasteiger charge is -2.08. The molecule has 0 saturated heterocycles. The minimum atomic E-state index is -0.164. The average Bonchev–Trinajstić information content (AvgIpc) is 2.94. The number of nitrogens with two attached hydrogens (primary N) is 1. The highest BCUT2D eigenvalue weighted by molar-refractivity contribution is 9.10. The molecule has 4 nitrogen and oxygen atoms in total. The number of carbonyl (C=O) groups excluding carboxylic acids is 1. The molecular formula is C16H12BrN3OS. The van der Waals surface area contributed by atoms with Gasteiger partial charge < -0.3 is 11.1 Å². The molecule has 0 spiro atoms. The van der Waals surface area contributed by atoms with Crippen LogP contribution in [0.1, 0.15) is 10.4 Å². The first-order valence-corrected chi connectivity index (χ1v) is 8.18. The van der Waals surface area contributed by atoms with Crippen LogP contribution in [-0.4, -0.2) is 10.9 Å². The van der Waals surface area contributed by atoms with Gasteiger partial charge in [0.25, 0.3) is 5.91 Å². The second-order valence-corrected chi connectivity index (χ2v) is 6.33. The fraction of sp³-hybridized carbons (Fsp3) is 0. The van der Waals surface area contributed by atoms with Crippen LogP contribution in [0.2, 0.25) is 0 Å². The van der Waals surface area contributed by atoms with E-state index in [0.717, 1.165) is 15.7 Å². The monoisotopic (exact) mass is 373 g/mol. The molecule has 1 aromatic heterocycles. The SMILES string of the molecule is Nc1nc(-c2cccc(NC(=O)c3ccccc3Br)c2)cs1. The number of benzene rings is 2. The van der Waals surface area contributed by atoms with Gasteiger partial charge in [0.15, 0.2) is 5.13 Å². The van der Waals surface area contributed by atoms with Gasteiger partial charge in [0.2, 0.25) is 0 Å². The number of carbonyl (C=O) groups is 1. The Labute approximate surface area is 140 Å². The summed E-state index contributed by atoms with van der Waals surface area (Å²) >= 11 is 4.77. The number of thiazole rings is 1. The zero-order valence-corrected chi connectivity index (χ0v) is 13.8. The van der Waals surface area contributed by atoms with Crippen LogP contribution in [0.25, 0.3) is 11.3 Å². The van der Waals surface area contributed by atoms with Gasteiger partial charge in [-0.3, -0.25) is 4.79 Å². The molecule has 0 atom stereocenters. The van der Waals surface area contributed by atoms with Gasteiger partial charge in [-0.2, -0.15) is 0 Å². The number of halogens is 1. The van der Waals surface area contributed by atoms with Gasteiger partial charge in [0, 0.05) is 21.1 Å². The lowest BCUT2D eigenvalue weighted by atomic mass is 10.1. The molecule has 0 fully saturated rings. The number of hydrogen-bond acceptors (Lipinski definition) is 4. The molecule has 0 aliphatic heterocycles. The largest absolute Gasteiger partial charge is 0.375 e. The molecule has 2 aromatic carbocycles. The van der Waals surface area contributed by atoms with Crippen LogP contribution in [0.15, 0.2) is 58.4 Å². The Hall–Kier alpha value is -2.18. The second kappa shape index (κ2) is 6.29. The summed E-state index contributed by atoms with van der Waals surface area (Å²) in [4.78, 5) is 16.6. The highest BCUT2D eigenvalue weighted by atomic mass is 79.9. The third-order valence-electron chi connectivity index (χ3n) is 3.06. The van der Waals surface area contributed by atoms with Gasteiger partial charge in [-0.05, 0) is 40.2 Å². The molecule has 0 radical (unpaired) electrons. The van der Waals surface area contributed by atoms with E-state index in [1.165, 1.54) is 11.3 Å². The van der Waals surface area contributed by atoms with E-state index in [4.69, 9.17) is 5.73 Å². The summed E-state index contributed by atoms with van der Waals surface area (Å²) in [6, 6.07) is 14.8. The van der Waals surface area contributed by atoms with Crippen molar-refractivity contribution in [3.63, 3.8) is 0 Å². The fourth-order valence-electron chi connectivity index (χ4n) is 2.02. The van der Waals surface area contributed by atoms with E-state index in [1.807, 2.05) is 47.8 Å². The van der Waals surface area contributed by atoms with Gasteiger partial charge in [0.05, 0.1) is 11.3 Å². The summed E-state index contributed by atoms with van der Waals surface area (Å²) in [5.74, 6) is -0.164. The van der Waals surface area contributed by atoms with Crippen LogP contribution in [0, 0.1) is 0 Å². The Morgan fingerprint density at radius 2 is 2.00 bits per heavy atom. The average molecular weight is 374 g/mol. The van der Waals surface area contributed by atoms with Crippen molar-refractivity contribution in [1.82, 2.24) is 4.98 Å². The van der Waals surface area contributed by atoms with Crippen molar-refractivity contribution in [2.24, 2.45) is 0 Å². The molecule has 22 heavy (non-hydrogen) atoms. The van der Waals surface area contributed by atoms with E-state index in [0.29, 0.717) is 16.4 Å². The zero-order chi connectivity index (χ0) is 15.5. The maximum Gasteiger partial charge on any atom is 0.256 e. The summed E-state index contributed by atoms with van der Waals surface area (Å²) in [7, 11) is 0. The molecule has 0 bridgehead atoms. The van der Waals surface area contributed by atoms with E-state index in [9.17, 15) is 4.79 Å². The molecule has 0 saturated carbocycles. The van der Waals surface area contributed by atoms with Crippen LogP contribution in [0.3, 0.4) is 0 Å². The maximum absolute atomic E-state index is 12.3. The molecular weight excluding hydrogens is 362 g/mol. The van der Waals surface area contributed by atoms with E-state index < -0.39 is 0 Å². The van der Waals surface area contributed by atoms with Crippen LogP contribution < -0.4 is 11.1 Å². The van der Waals surface area contributed by atoms with Gasteiger partial charge in [-0.15, -0.1) is 11.3 Å². The van der Waals surface area contributed by atoms with Crippen LogP contribution in [0.5, 0.6) is 0 Å². The number of aromatic nitrogens is 1. The molecule has 1 amide bonds. The summed E-state index contributed by atoms with van der Waals surface area (Å²) in [5.41, 5.74) is 8.68. The van der Waals surface area contributed by atoms with Crippen molar-refractivity contribution >= 4 is 44.0 Å². The molecule has 0 unspecified atom stereocenters. The highest BCUT2D eigenvalue weighted by Crippen LogP contribution is 2.26. The fourth-order valence-corrected chi connectivity index (χ4v) is 3.06. The Kier molecular flexibility index (Phi) is 4.22. The molecule has 1 heterocycles. The Balaban J connectivity index is 1.84. The van der Waals surface area contributed by atoms with E-state index in [2.05, 4.69) is 26.2 Å². The standard InChI is InChI=1S/C16H12BrN3OS/c17-13-7-2-1-6-12(13)15(21)19-11-5-3-4-10(8-11)14-9-22-16(18)20-14/h1-9H,(H2,18,20)(H,19,21). The minimum Gasteiger partial charge on any atom is -0.375 e. The topological polar surface area (TPSA) is 68.0 Å². The van der Waals surface area contributed by atoms with Crippen molar-refractivity contribution in [3.05, 3.63) is 63.9 Å². The van der Waals surface area contributed by atoms with Crippen LogP contribution in [-0.2, 0) is 0 Å². The number of hydrogen-bond donors (Lipinski definition) is 2. The number of anilines is 2. The van der Waals surface area contributed by atoms with E-state index in [1.54, 1.807) is 6.07 Å². The van der Waals surface area contributed by atoms with E-state index in [-0.39, 0.29) is 5.91 Å². The first kappa shape index (κ1) is 14.7. The number of nitrogens with zero attached hydrogens (tertiary/aromatic N) is 1. The highest BCUT2D eigenvalue weighted by Gasteiger charge is 2.10. The van der Waals surface area contributed by atoms with Crippen molar-refractivity contribution < 1.29 is 4.79 Å². The minimum absolute atomic E-state index is 0.164. The van der Waals surface area contributed by atoms with Gasteiger partial charge in [-0.25, -0.2) is 4.98 Å². The number of nitrogen functional groups attached to an aromatic ring is 1.